The highest BCUT2D eigenvalue weighted by molar-refractivity contribution is 5.76. The van der Waals surface area contributed by atoms with Gasteiger partial charge in [0, 0.05) is 38.2 Å². The van der Waals surface area contributed by atoms with Crippen molar-refractivity contribution in [3.05, 3.63) is 24.5 Å². The Kier molecular flexibility index (Phi) is 5.15. The second-order valence-corrected chi connectivity index (χ2v) is 4.82. The summed E-state index contributed by atoms with van der Waals surface area (Å²) in [6.45, 7) is 2.16. The van der Waals surface area contributed by atoms with Gasteiger partial charge in [-0.2, -0.15) is 0 Å². The summed E-state index contributed by atoms with van der Waals surface area (Å²) in [7, 11) is 0. The van der Waals surface area contributed by atoms with Crippen molar-refractivity contribution in [2.75, 3.05) is 26.3 Å². The van der Waals surface area contributed by atoms with Crippen molar-refractivity contribution in [1.29, 1.82) is 0 Å². The third-order valence-corrected chi connectivity index (χ3v) is 3.33. The number of ether oxygens (including phenoxy) is 1. The molecule has 0 aliphatic carbocycles. The first kappa shape index (κ1) is 13.8. The molecular weight excluding hydrogens is 244 g/mol. The van der Waals surface area contributed by atoms with E-state index in [0.717, 1.165) is 18.7 Å². The molecule has 0 radical (unpaired) electrons. The standard InChI is InChI=1S/C14H20N2O3/c17-11-12-5-7-16(10-12)14(18)4-2-8-19-13-3-1-6-15-9-13/h1,3,6,9,12,17H,2,4-5,7-8,10-11H2. The first-order chi connectivity index (χ1) is 9.29. The highest BCUT2D eigenvalue weighted by Gasteiger charge is 2.24. The molecule has 0 saturated carbocycles. The molecule has 2 rings (SSSR count). The van der Waals surface area contributed by atoms with Crippen LogP contribution >= 0.6 is 0 Å². The van der Waals surface area contributed by atoms with Gasteiger partial charge in [-0.25, -0.2) is 0 Å². The van der Waals surface area contributed by atoms with Gasteiger partial charge in [0.05, 0.1) is 12.8 Å². The van der Waals surface area contributed by atoms with E-state index in [1.54, 1.807) is 12.4 Å². The summed E-state index contributed by atoms with van der Waals surface area (Å²) < 4.78 is 5.49. The van der Waals surface area contributed by atoms with Crippen molar-refractivity contribution < 1.29 is 14.6 Å². The number of hydrogen-bond donors (Lipinski definition) is 1. The van der Waals surface area contributed by atoms with E-state index in [1.165, 1.54) is 0 Å². The number of carbonyl (C=O) groups is 1. The van der Waals surface area contributed by atoms with Crippen LogP contribution in [0.5, 0.6) is 5.75 Å². The fourth-order valence-corrected chi connectivity index (χ4v) is 2.21. The fraction of sp³-hybridized carbons (Fsp3) is 0.571. The van der Waals surface area contributed by atoms with Gasteiger partial charge in [-0.05, 0) is 25.0 Å². The van der Waals surface area contributed by atoms with E-state index in [0.29, 0.717) is 26.0 Å². The van der Waals surface area contributed by atoms with E-state index in [1.807, 2.05) is 17.0 Å². The lowest BCUT2D eigenvalue weighted by atomic mass is 10.1. The lowest BCUT2D eigenvalue weighted by Gasteiger charge is -2.16. The van der Waals surface area contributed by atoms with Gasteiger partial charge in [0.25, 0.3) is 0 Å². The maximum atomic E-state index is 11.9. The van der Waals surface area contributed by atoms with Gasteiger partial charge in [0.2, 0.25) is 5.91 Å². The Morgan fingerprint density at radius 1 is 1.58 bits per heavy atom. The van der Waals surface area contributed by atoms with Crippen molar-refractivity contribution in [2.24, 2.45) is 5.92 Å². The van der Waals surface area contributed by atoms with Gasteiger partial charge < -0.3 is 14.7 Å². The minimum atomic E-state index is 0.158. The molecule has 1 atom stereocenters. The number of rotatable bonds is 6. The number of pyridine rings is 1. The second kappa shape index (κ2) is 7.09. The molecule has 1 aliphatic rings. The largest absolute Gasteiger partial charge is 0.492 e. The zero-order valence-electron chi connectivity index (χ0n) is 11.0. The molecule has 5 nitrogen and oxygen atoms in total. The molecule has 1 saturated heterocycles. The normalized spacial score (nSPS) is 18.6. The van der Waals surface area contributed by atoms with E-state index < -0.39 is 0 Å². The Balaban J connectivity index is 1.62. The summed E-state index contributed by atoms with van der Waals surface area (Å²) in [5.74, 6) is 1.15. The van der Waals surface area contributed by atoms with Crippen LogP contribution in [0.2, 0.25) is 0 Å². The number of amides is 1. The van der Waals surface area contributed by atoms with Crippen LogP contribution in [-0.4, -0.2) is 47.2 Å². The Hall–Kier alpha value is -1.62. The molecule has 1 aromatic heterocycles. The molecule has 1 N–H and O–H groups in total. The summed E-state index contributed by atoms with van der Waals surface area (Å²) in [6.07, 6.45) is 5.47. The number of aromatic nitrogens is 1. The number of aliphatic hydroxyl groups excluding tert-OH is 1. The first-order valence-corrected chi connectivity index (χ1v) is 6.71. The van der Waals surface area contributed by atoms with Crippen molar-refractivity contribution in [2.45, 2.75) is 19.3 Å². The quantitative estimate of drug-likeness (QED) is 0.781. The van der Waals surface area contributed by atoms with Crippen LogP contribution < -0.4 is 4.74 Å². The number of likely N-dealkylation sites (tertiary alicyclic amines) is 1. The van der Waals surface area contributed by atoms with Crippen LogP contribution in [0.4, 0.5) is 0 Å². The van der Waals surface area contributed by atoms with E-state index in [4.69, 9.17) is 9.84 Å². The summed E-state index contributed by atoms with van der Waals surface area (Å²) >= 11 is 0. The summed E-state index contributed by atoms with van der Waals surface area (Å²) in [6, 6.07) is 3.67. The molecule has 0 aromatic carbocycles. The van der Waals surface area contributed by atoms with Crippen LogP contribution in [0.15, 0.2) is 24.5 Å². The number of nitrogens with zero attached hydrogens (tertiary/aromatic N) is 2. The molecule has 0 spiro atoms. The lowest BCUT2D eigenvalue weighted by molar-refractivity contribution is -0.130. The zero-order chi connectivity index (χ0) is 13.5. The molecule has 1 fully saturated rings. The Morgan fingerprint density at radius 2 is 2.47 bits per heavy atom. The molecule has 0 bridgehead atoms. The molecule has 5 heteroatoms. The SMILES string of the molecule is O=C(CCCOc1cccnc1)N1CCC(CO)C1. The second-order valence-electron chi connectivity index (χ2n) is 4.82. The number of hydrogen-bond acceptors (Lipinski definition) is 4. The van der Waals surface area contributed by atoms with E-state index >= 15 is 0 Å². The first-order valence-electron chi connectivity index (χ1n) is 6.71. The van der Waals surface area contributed by atoms with E-state index in [2.05, 4.69) is 4.98 Å². The number of aliphatic hydroxyl groups is 1. The van der Waals surface area contributed by atoms with Gasteiger partial charge in [0.15, 0.2) is 0 Å². The molecule has 19 heavy (non-hydrogen) atoms. The van der Waals surface area contributed by atoms with Crippen molar-refractivity contribution in [3.8, 4) is 5.75 Å². The van der Waals surface area contributed by atoms with Gasteiger partial charge >= 0.3 is 0 Å². The van der Waals surface area contributed by atoms with Crippen molar-refractivity contribution in [3.63, 3.8) is 0 Å². The molecule has 104 valence electrons. The monoisotopic (exact) mass is 264 g/mol. The molecule has 2 heterocycles. The van der Waals surface area contributed by atoms with Crippen LogP contribution in [0.25, 0.3) is 0 Å². The predicted octanol–water partition coefficient (Wildman–Crippen LogP) is 1.08. The summed E-state index contributed by atoms with van der Waals surface area (Å²) in [5, 5.41) is 9.04. The average molecular weight is 264 g/mol. The van der Waals surface area contributed by atoms with Gasteiger partial charge in [-0.15, -0.1) is 0 Å². The van der Waals surface area contributed by atoms with Crippen LogP contribution in [0, 0.1) is 5.92 Å². The third kappa shape index (κ3) is 4.21. The predicted molar refractivity (Wildman–Crippen MR) is 70.7 cm³/mol. The van der Waals surface area contributed by atoms with Gasteiger partial charge in [-0.1, -0.05) is 0 Å². The Bertz CT molecular complexity index is 397. The average Bonchev–Trinajstić information content (AvgIpc) is 2.93. The highest BCUT2D eigenvalue weighted by Crippen LogP contribution is 2.16. The molecule has 1 aliphatic heterocycles. The fourth-order valence-electron chi connectivity index (χ4n) is 2.21. The smallest absolute Gasteiger partial charge is 0.222 e. The number of carbonyl (C=O) groups excluding carboxylic acids is 1. The molecule has 1 amide bonds. The third-order valence-electron chi connectivity index (χ3n) is 3.33. The van der Waals surface area contributed by atoms with Crippen LogP contribution in [0.3, 0.4) is 0 Å². The van der Waals surface area contributed by atoms with Gasteiger partial charge in [0.1, 0.15) is 5.75 Å². The minimum absolute atomic E-state index is 0.158. The van der Waals surface area contributed by atoms with Crippen molar-refractivity contribution in [1.82, 2.24) is 9.88 Å². The van der Waals surface area contributed by atoms with Crippen molar-refractivity contribution >= 4 is 5.91 Å². The zero-order valence-corrected chi connectivity index (χ0v) is 11.0. The molecule has 1 aromatic rings. The molecule has 1 unspecified atom stereocenters. The summed E-state index contributed by atoms with van der Waals surface area (Å²) in [4.78, 5) is 17.7. The lowest BCUT2D eigenvalue weighted by Crippen LogP contribution is -2.29. The van der Waals surface area contributed by atoms with Crippen LogP contribution in [-0.2, 0) is 4.79 Å². The topological polar surface area (TPSA) is 62.7 Å². The maximum Gasteiger partial charge on any atom is 0.222 e. The van der Waals surface area contributed by atoms with Crippen LogP contribution in [0.1, 0.15) is 19.3 Å². The Labute approximate surface area is 113 Å². The summed E-state index contributed by atoms with van der Waals surface area (Å²) in [5.41, 5.74) is 0. The van der Waals surface area contributed by atoms with E-state index in [9.17, 15) is 4.79 Å². The van der Waals surface area contributed by atoms with Gasteiger partial charge in [-0.3, -0.25) is 9.78 Å². The minimum Gasteiger partial charge on any atom is -0.492 e. The highest BCUT2D eigenvalue weighted by atomic mass is 16.5. The maximum absolute atomic E-state index is 11.9. The van der Waals surface area contributed by atoms with E-state index in [-0.39, 0.29) is 18.4 Å². The Morgan fingerprint density at radius 3 is 3.16 bits per heavy atom. The molecular formula is C14H20N2O3.